The lowest BCUT2D eigenvalue weighted by molar-refractivity contribution is 0.102. The van der Waals surface area contributed by atoms with Crippen molar-refractivity contribution in [2.75, 3.05) is 12.4 Å². The van der Waals surface area contributed by atoms with Gasteiger partial charge in [-0.05, 0) is 43.8 Å². The van der Waals surface area contributed by atoms with Crippen molar-refractivity contribution >= 4 is 11.6 Å². The molecule has 2 rings (SSSR count). The smallest absolute Gasteiger partial charge is 0.258 e. The Morgan fingerprint density at radius 2 is 1.90 bits per heavy atom. The summed E-state index contributed by atoms with van der Waals surface area (Å²) in [5.74, 6) is -2.21. The van der Waals surface area contributed by atoms with E-state index in [0.29, 0.717) is 11.8 Å². The van der Waals surface area contributed by atoms with Gasteiger partial charge < -0.3 is 10.6 Å². The molecule has 110 valence electrons. The van der Waals surface area contributed by atoms with Gasteiger partial charge in [-0.25, -0.2) is 8.78 Å². The molecule has 0 saturated heterocycles. The minimum absolute atomic E-state index is 0.129. The number of benzene rings is 2. The molecule has 0 spiro atoms. The monoisotopic (exact) mass is 290 g/mol. The molecular formula is C16H16F2N2O. The van der Waals surface area contributed by atoms with Gasteiger partial charge in [0.25, 0.3) is 5.91 Å². The lowest BCUT2D eigenvalue weighted by Crippen LogP contribution is -2.15. The van der Waals surface area contributed by atoms with Gasteiger partial charge in [0.2, 0.25) is 0 Å². The van der Waals surface area contributed by atoms with Gasteiger partial charge in [-0.2, -0.15) is 0 Å². The molecule has 0 aliphatic carbocycles. The highest BCUT2D eigenvalue weighted by Crippen LogP contribution is 2.18. The van der Waals surface area contributed by atoms with Crippen LogP contribution in [0, 0.1) is 11.6 Å². The summed E-state index contributed by atoms with van der Waals surface area (Å²) in [7, 11) is 1.84. The van der Waals surface area contributed by atoms with Gasteiger partial charge >= 0.3 is 0 Å². The van der Waals surface area contributed by atoms with E-state index < -0.39 is 17.5 Å². The van der Waals surface area contributed by atoms with Gasteiger partial charge in [0.05, 0.1) is 5.56 Å². The molecule has 0 heterocycles. The maximum atomic E-state index is 13.6. The average Bonchev–Trinajstić information content (AvgIpc) is 2.46. The molecule has 0 fully saturated rings. The predicted molar refractivity (Wildman–Crippen MR) is 78.2 cm³/mol. The van der Waals surface area contributed by atoms with Crippen molar-refractivity contribution in [2.45, 2.75) is 13.0 Å². The number of amides is 1. The van der Waals surface area contributed by atoms with Crippen LogP contribution in [0.3, 0.4) is 0 Å². The minimum Gasteiger partial charge on any atom is -0.322 e. The van der Waals surface area contributed by atoms with Crippen molar-refractivity contribution < 1.29 is 13.6 Å². The molecule has 0 bridgehead atoms. The summed E-state index contributed by atoms with van der Waals surface area (Å²) in [5.41, 5.74) is 1.36. The average molecular weight is 290 g/mol. The number of carbonyl (C=O) groups is 1. The molecule has 1 amide bonds. The number of hydrogen-bond acceptors (Lipinski definition) is 2. The normalized spacial score (nSPS) is 12.0. The first kappa shape index (κ1) is 15.1. The Kier molecular flexibility index (Phi) is 4.65. The Morgan fingerprint density at radius 1 is 1.14 bits per heavy atom. The number of rotatable bonds is 4. The van der Waals surface area contributed by atoms with Crippen LogP contribution < -0.4 is 10.6 Å². The third kappa shape index (κ3) is 3.64. The third-order valence-electron chi connectivity index (χ3n) is 3.25. The Labute approximate surface area is 122 Å². The number of hydrogen-bond donors (Lipinski definition) is 2. The highest BCUT2D eigenvalue weighted by molar-refractivity contribution is 6.04. The van der Waals surface area contributed by atoms with Gasteiger partial charge in [-0.1, -0.05) is 12.1 Å². The fraction of sp³-hybridized carbons (Fsp3) is 0.188. The first-order chi connectivity index (χ1) is 10.0. The molecule has 3 nitrogen and oxygen atoms in total. The van der Waals surface area contributed by atoms with Crippen molar-refractivity contribution in [1.29, 1.82) is 0 Å². The Balaban J connectivity index is 2.19. The Hall–Kier alpha value is -2.27. The van der Waals surface area contributed by atoms with Gasteiger partial charge in [-0.15, -0.1) is 0 Å². The summed E-state index contributed by atoms with van der Waals surface area (Å²) in [5, 5.41) is 5.70. The lowest BCUT2D eigenvalue weighted by Gasteiger charge is -2.12. The van der Waals surface area contributed by atoms with Crippen LogP contribution in [0.1, 0.15) is 28.9 Å². The summed E-state index contributed by atoms with van der Waals surface area (Å²) in [6.45, 7) is 1.99. The molecule has 0 aliphatic heterocycles. The standard InChI is InChI=1S/C16H16F2N2O/c1-10(19-2)11-4-3-5-13(8-11)20-16(21)14-7-6-12(17)9-15(14)18/h3-10,19H,1-2H3,(H,20,21). The second-order valence-corrected chi connectivity index (χ2v) is 4.71. The van der Waals surface area contributed by atoms with Crippen molar-refractivity contribution in [3.05, 3.63) is 65.2 Å². The Bertz CT molecular complexity index is 658. The van der Waals surface area contributed by atoms with Crippen molar-refractivity contribution in [3.8, 4) is 0 Å². The maximum absolute atomic E-state index is 13.6. The van der Waals surface area contributed by atoms with Crippen LogP contribution in [-0.4, -0.2) is 13.0 Å². The van der Waals surface area contributed by atoms with Gasteiger partial charge in [0.1, 0.15) is 11.6 Å². The van der Waals surface area contributed by atoms with Crippen molar-refractivity contribution in [2.24, 2.45) is 0 Å². The number of nitrogens with one attached hydrogen (secondary N) is 2. The summed E-state index contributed by atoms with van der Waals surface area (Å²) in [6, 6.07) is 10.2. The fourth-order valence-electron chi connectivity index (χ4n) is 1.92. The van der Waals surface area contributed by atoms with E-state index in [4.69, 9.17) is 0 Å². The van der Waals surface area contributed by atoms with E-state index in [9.17, 15) is 13.6 Å². The summed E-state index contributed by atoms with van der Waals surface area (Å²) in [4.78, 5) is 12.0. The van der Waals surface area contributed by atoms with E-state index in [0.717, 1.165) is 17.7 Å². The van der Waals surface area contributed by atoms with Crippen LogP contribution in [0.4, 0.5) is 14.5 Å². The molecule has 21 heavy (non-hydrogen) atoms. The summed E-state index contributed by atoms with van der Waals surface area (Å²) < 4.78 is 26.4. The molecule has 0 saturated carbocycles. The molecule has 0 aromatic heterocycles. The van der Waals surface area contributed by atoms with Gasteiger partial charge in [0.15, 0.2) is 0 Å². The predicted octanol–water partition coefficient (Wildman–Crippen LogP) is 3.50. The number of halogens is 2. The van der Waals surface area contributed by atoms with Crippen LogP contribution >= 0.6 is 0 Å². The molecule has 1 atom stereocenters. The van der Waals surface area contributed by atoms with E-state index in [1.807, 2.05) is 20.0 Å². The van der Waals surface area contributed by atoms with Crippen LogP contribution in [0.2, 0.25) is 0 Å². The van der Waals surface area contributed by atoms with E-state index >= 15 is 0 Å². The first-order valence-electron chi connectivity index (χ1n) is 6.55. The van der Waals surface area contributed by atoms with E-state index in [1.54, 1.807) is 18.2 Å². The molecule has 2 aromatic carbocycles. The van der Waals surface area contributed by atoms with Crippen LogP contribution in [-0.2, 0) is 0 Å². The highest BCUT2D eigenvalue weighted by Gasteiger charge is 2.13. The molecular weight excluding hydrogens is 274 g/mol. The molecule has 0 radical (unpaired) electrons. The highest BCUT2D eigenvalue weighted by atomic mass is 19.1. The zero-order chi connectivity index (χ0) is 15.4. The van der Waals surface area contributed by atoms with Gasteiger partial charge in [0, 0.05) is 17.8 Å². The topological polar surface area (TPSA) is 41.1 Å². The van der Waals surface area contributed by atoms with Crippen molar-refractivity contribution in [3.63, 3.8) is 0 Å². The molecule has 1 unspecified atom stereocenters. The molecule has 2 N–H and O–H groups in total. The first-order valence-corrected chi connectivity index (χ1v) is 6.55. The van der Waals surface area contributed by atoms with Gasteiger partial charge in [-0.3, -0.25) is 4.79 Å². The van der Waals surface area contributed by atoms with Crippen LogP contribution in [0.5, 0.6) is 0 Å². The zero-order valence-electron chi connectivity index (χ0n) is 11.8. The second kappa shape index (κ2) is 6.45. The third-order valence-corrected chi connectivity index (χ3v) is 3.25. The van der Waals surface area contributed by atoms with Crippen molar-refractivity contribution in [1.82, 2.24) is 5.32 Å². The lowest BCUT2D eigenvalue weighted by atomic mass is 10.1. The van der Waals surface area contributed by atoms with Crippen LogP contribution in [0.15, 0.2) is 42.5 Å². The zero-order valence-corrected chi connectivity index (χ0v) is 11.8. The van der Waals surface area contributed by atoms with E-state index in [1.165, 1.54) is 0 Å². The number of anilines is 1. The summed E-state index contributed by atoms with van der Waals surface area (Å²) in [6.07, 6.45) is 0. The fourth-order valence-corrected chi connectivity index (χ4v) is 1.92. The Morgan fingerprint density at radius 3 is 2.57 bits per heavy atom. The van der Waals surface area contributed by atoms with E-state index in [-0.39, 0.29) is 11.6 Å². The van der Waals surface area contributed by atoms with Crippen LogP contribution in [0.25, 0.3) is 0 Å². The molecule has 2 aromatic rings. The maximum Gasteiger partial charge on any atom is 0.258 e. The molecule has 5 heteroatoms. The molecule has 0 aliphatic rings. The number of carbonyl (C=O) groups excluding carboxylic acids is 1. The van der Waals surface area contributed by atoms with E-state index in [2.05, 4.69) is 10.6 Å². The second-order valence-electron chi connectivity index (χ2n) is 4.71. The quantitative estimate of drug-likeness (QED) is 0.905. The SMILES string of the molecule is CNC(C)c1cccc(NC(=O)c2ccc(F)cc2F)c1. The minimum atomic E-state index is -0.882. The summed E-state index contributed by atoms with van der Waals surface area (Å²) >= 11 is 0. The largest absolute Gasteiger partial charge is 0.322 e.